The van der Waals surface area contributed by atoms with E-state index in [1.165, 1.54) is 5.56 Å². The number of aromatic nitrogens is 1. The van der Waals surface area contributed by atoms with E-state index in [0.717, 1.165) is 17.7 Å². The van der Waals surface area contributed by atoms with Crippen molar-refractivity contribution in [2.24, 2.45) is 0 Å². The van der Waals surface area contributed by atoms with Crippen LogP contribution in [0.1, 0.15) is 30.0 Å². The van der Waals surface area contributed by atoms with Crippen LogP contribution in [0.3, 0.4) is 0 Å². The van der Waals surface area contributed by atoms with E-state index < -0.39 is 0 Å². The smallest absolute Gasteiger partial charge is 0.157 e. The Bertz CT molecular complexity index is 580. The first-order chi connectivity index (χ1) is 9.83. The molecule has 0 bridgehead atoms. The van der Waals surface area contributed by atoms with Gasteiger partial charge in [-0.1, -0.05) is 36.4 Å². The van der Waals surface area contributed by atoms with E-state index >= 15 is 0 Å². The maximum absolute atomic E-state index is 11.4. The third-order valence-corrected chi connectivity index (χ3v) is 3.46. The number of nitrogens with one attached hydrogen (secondary N) is 1. The lowest BCUT2D eigenvalue weighted by Gasteiger charge is -2.21. The van der Waals surface area contributed by atoms with Crippen LogP contribution >= 0.6 is 0 Å². The fourth-order valence-electron chi connectivity index (χ4n) is 2.45. The lowest BCUT2D eigenvalue weighted by atomic mass is 10.00. The molecule has 0 amide bonds. The minimum atomic E-state index is 0.0297. The predicted octanol–water partition coefficient (Wildman–Crippen LogP) is 3.01. The molecule has 1 aliphatic carbocycles. The van der Waals surface area contributed by atoms with E-state index in [4.69, 9.17) is 0 Å². The maximum atomic E-state index is 11.4. The molecule has 3 heteroatoms. The van der Waals surface area contributed by atoms with E-state index in [1.54, 1.807) is 12.3 Å². The molecule has 0 fully saturated rings. The summed E-state index contributed by atoms with van der Waals surface area (Å²) in [7, 11) is 0. The fourth-order valence-corrected chi connectivity index (χ4v) is 2.45. The van der Waals surface area contributed by atoms with Crippen LogP contribution < -0.4 is 5.32 Å². The van der Waals surface area contributed by atoms with E-state index in [9.17, 15) is 4.79 Å². The molecule has 20 heavy (non-hydrogen) atoms. The Morgan fingerprint density at radius 1 is 1.00 bits per heavy atom. The molecule has 1 aliphatic rings. The van der Waals surface area contributed by atoms with Crippen LogP contribution in [0.25, 0.3) is 0 Å². The van der Waals surface area contributed by atoms with Crippen molar-refractivity contribution in [2.45, 2.75) is 18.9 Å². The molecule has 0 radical (unpaired) electrons. The molecule has 3 rings (SSSR count). The average Bonchev–Trinajstić information content (AvgIpc) is 2.92. The summed E-state index contributed by atoms with van der Waals surface area (Å²) in [6, 6.07) is 14.2. The van der Waals surface area contributed by atoms with Crippen LogP contribution in [0.5, 0.6) is 0 Å². The first-order valence-corrected chi connectivity index (χ1v) is 6.78. The summed E-state index contributed by atoms with van der Waals surface area (Å²) in [5.74, 6) is 0.200. The highest BCUT2D eigenvalue weighted by Gasteiger charge is 2.18. The van der Waals surface area contributed by atoms with Gasteiger partial charge in [0.1, 0.15) is 0 Å². The minimum absolute atomic E-state index is 0.0297. The summed E-state index contributed by atoms with van der Waals surface area (Å²) >= 11 is 0. The number of allylic oxidation sites excluding steroid dienone is 2. The zero-order chi connectivity index (χ0) is 13.8. The topological polar surface area (TPSA) is 42.0 Å². The lowest BCUT2D eigenvalue weighted by Crippen LogP contribution is -2.21. The number of hydrogen-bond acceptors (Lipinski definition) is 3. The Morgan fingerprint density at radius 2 is 1.80 bits per heavy atom. The van der Waals surface area contributed by atoms with E-state index in [-0.39, 0.29) is 11.8 Å². The summed E-state index contributed by atoms with van der Waals surface area (Å²) in [5, 5.41) is 3.48. The molecule has 3 nitrogen and oxygen atoms in total. The van der Waals surface area contributed by atoms with Gasteiger partial charge in [-0.15, -0.1) is 0 Å². The van der Waals surface area contributed by atoms with Gasteiger partial charge in [0.25, 0.3) is 0 Å². The van der Waals surface area contributed by atoms with Crippen molar-refractivity contribution < 1.29 is 4.79 Å². The van der Waals surface area contributed by atoms with Crippen LogP contribution in [0.15, 0.2) is 66.6 Å². The molecule has 100 valence electrons. The number of carbonyl (C=O) groups is 1. The predicted molar refractivity (Wildman–Crippen MR) is 78.0 cm³/mol. The number of carbonyl (C=O) groups excluding carboxylic acids is 1. The van der Waals surface area contributed by atoms with E-state index in [1.807, 2.05) is 30.5 Å². The second-order valence-corrected chi connectivity index (χ2v) is 4.91. The Balaban J connectivity index is 1.92. The van der Waals surface area contributed by atoms with Crippen molar-refractivity contribution in [3.63, 3.8) is 0 Å². The number of rotatable bonds is 4. The standard InChI is InChI=1S/C17H16N2O/c20-16-9-8-15(11-16)19-17(13-5-2-1-3-6-13)14-7-4-10-18-12-14/h1-7,10-12,17,19H,8-9H2. The van der Waals surface area contributed by atoms with E-state index in [0.29, 0.717) is 6.42 Å². The zero-order valence-electron chi connectivity index (χ0n) is 11.1. The first kappa shape index (κ1) is 12.6. The highest BCUT2D eigenvalue weighted by atomic mass is 16.1. The van der Waals surface area contributed by atoms with Crippen LogP contribution in [0, 0.1) is 0 Å². The molecule has 2 aromatic rings. The second-order valence-electron chi connectivity index (χ2n) is 4.91. The molecule has 1 atom stereocenters. The Labute approximate surface area is 118 Å². The lowest BCUT2D eigenvalue weighted by molar-refractivity contribution is -0.114. The van der Waals surface area contributed by atoms with Gasteiger partial charge in [-0.05, 0) is 23.6 Å². The van der Waals surface area contributed by atoms with Crippen LogP contribution in [0.2, 0.25) is 0 Å². The van der Waals surface area contributed by atoms with Gasteiger partial charge < -0.3 is 5.32 Å². The number of hydrogen-bond donors (Lipinski definition) is 1. The molecule has 1 aromatic carbocycles. The van der Waals surface area contributed by atoms with Crippen molar-refractivity contribution >= 4 is 5.78 Å². The number of ketones is 1. The van der Waals surface area contributed by atoms with Crippen molar-refractivity contribution in [3.8, 4) is 0 Å². The molecule has 0 saturated carbocycles. The highest BCUT2D eigenvalue weighted by molar-refractivity contribution is 5.92. The van der Waals surface area contributed by atoms with Gasteiger partial charge in [0.05, 0.1) is 6.04 Å². The monoisotopic (exact) mass is 264 g/mol. The summed E-state index contributed by atoms with van der Waals surface area (Å²) in [6.07, 6.45) is 6.75. The average molecular weight is 264 g/mol. The summed E-state index contributed by atoms with van der Waals surface area (Å²) < 4.78 is 0. The summed E-state index contributed by atoms with van der Waals surface area (Å²) in [4.78, 5) is 15.6. The normalized spacial score (nSPS) is 15.8. The molecular weight excluding hydrogens is 248 g/mol. The fraction of sp³-hybridized carbons (Fsp3) is 0.176. The third-order valence-electron chi connectivity index (χ3n) is 3.46. The highest BCUT2D eigenvalue weighted by Crippen LogP contribution is 2.24. The molecule has 1 unspecified atom stereocenters. The van der Waals surface area contributed by atoms with Gasteiger partial charge in [-0.3, -0.25) is 9.78 Å². The Morgan fingerprint density at radius 3 is 2.45 bits per heavy atom. The van der Waals surface area contributed by atoms with Gasteiger partial charge in [0, 0.05) is 30.6 Å². The third kappa shape index (κ3) is 2.77. The van der Waals surface area contributed by atoms with Crippen LogP contribution in [-0.4, -0.2) is 10.8 Å². The quantitative estimate of drug-likeness (QED) is 0.923. The van der Waals surface area contributed by atoms with Crippen molar-refractivity contribution in [1.29, 1.82) is 0 Å². The molecule has 0 saturated heterocycles. The minimum Gasteiger partial charge on any atom is -0.377 e. The molecule has 0 aliphatic heterocycles. The Kier molecular flexibility index (Phi) is 3.59. The summed E-state index contributed by atoms with van der Waals surface area (Å²) in [5.41, 5.74) is 3.27. The van der Waals surface area contributed by atoms with Crippen molar-refractivity contribution in [1.82, 2.24) is 10.3 Å². The molecule has 1 heterocycles. The summed E-state index contributed by atoms with van der Waals surface area (Å²) in [6.45, 7) is 0. The second kappa shape index (κ2) is 5.70. The SMILES string of the molecule is O=C1C=C(NC(c2ccccc2)c2cccnc2)CC1. The van der Waals surface area contributed by atoms with E-state index in [2.05, 4.69) is 28.5 Å². The van der Waals surface area contributed by atoms with Crippen LogP contribution in [-0.2, 0) is 4.79 Å². The molecule has 0 spiro atoms. The first-order valence-electron chi connectivity index (χ1n) is 6.78. The van der Waals surface area contributed by atoms with Gasteiger partial charge in [-0.25, -0.2) is 0 Å². The van der Waals surface area contributed by atoms with Crippen molar-refractivity contribution in [2.75, 3.05) is 0 Å². The number of pyridine rings is 1. The van der Waals surface area contributed by atoms with Gasteiger partial charge in [0.2, 0.25) is 0 Å². The van der Waals surface area contributed by atoms with Gasteiger partial charge in [0.15, 0.2) is 5.78 Å². The number of nitrogens with zero attached hydrogens (tertiary/aromatic N) is 1. The Hall–Kier alpha value is -2.42. The van der Waals surface area contributed by atoms with Crippen LogP contribution in [0.4, 0.5) is 0 Å². The van der Waals surface area contributed by atoms with Crippen molar-refractivity contribution in [3.05, 3.63) is 77.8 Å². The van der Waals surface area contributed by atoms with Gasteiger partial charge in [-0.2, -0.15) is 0 Å². The largest absolute Gasteiger partial charge is 0.377 e. The molecule has 1 aromatic heterocycles. The van der Waals surface area contributed by atoms with Gasteiger partial charge >= 0.3 is 0 Å². The molecule has 1 N–H and O–H groups in total. The molecular formula is C17H16N2O. The zero-order valence-corrected chi connectivity index (χ0v) is 11.1. The number of benzene rings is 1. The maximum Gasteiger partial charge on any atom is 0.157 e.